The molecule has 0 unspecified atom stereocenters. The number of aryl methyl sites for hydroxylation is 1. The number of hydrogen-bond donors (Lipinski definition) is 0. The van der Waals surface area contributed by atoms with Crippen LogP contribution in [0.15, 0.2) is 18.2 Å². The van der Waals surface area contributed by atoms with Gasteiger partial charge in [-0.25, -0.2) is 0 Å². The van der Waals surface area contributed by atoms with Gasteiger partial charge < -0.3 is 9.64 Å². The maximum atomic E-state index is 11.8. The first kappa shape index (κ1) is 16.4. The second-order valence-electron chi connectivity index (χ2n) is 7.27. The van der Waals surface area contributed by atoms with Crippen LogP contribution in [0.25, 0.3) is 0 Å². The monoisotopic (exact) mass is 346 g/mol. The van der Waals surface area contributed by atoms with Crippen LogP contribution in [0.1, 0.15) is 30.4 Å². The van der Waals surface area contributed by atoms with E-state index in [0.717, 1.165) is 31.9 Å². The Morgan fingerprint density at radius 1 is 1.25 bits per heavy atom. The third-order valence-corrected chi connectivity index (χ3v) is 7.16. The number of anilines is 1. The molecule has 130 valence electrons. The van der Waals surface area contributed by atoms with E-state index in [1.165, 1.54) is 42.8 Å². The standard InChI is InChI=1S/C19H26N2O2S/c1-20-17-4-2-15(12-16(17)3-5-18(20)22)13-21-8-11-24-19(14-21)6-9-23-10-7-19/h2,4,12H,3,5-11,13-14H2,1H3. The molecule has 4 nitrogen and oxygen atoms in total. The van der Waals surface area contributed by atoms with Gasteiger partial charge in [-0.1, -0.05) is 12.1 Å². The molecule has 5 heteroatoms. The number of hydrogen-bond acceptors (Lipinski definition) is 4. The Hall–Kier alpha value is -1.04. The molecule has 1 aromatic rings. The molecule has 0 aliphatic carbocycles. The van der Waals surface area contributed by atoms with Gasteiger partial charge in [-0.2, -0.15) is 11.8 Å². The maximum Gasteiger partial charge on any atom is 0.227 e. The van der Waals surface area contributed by atoms with Gasteiger partial charge in [-0.05, 0) is 36.5 Å². The van der Waals surface area contributed by atoms with Crippen LogP contribution in [-0.4, -0.2) is 54.7 Å². The normalized spacial score (nSPS) is 24.2. The molecular weight excluding hydrogens is 320 g/mol. The number of amides is 1. The number of carbonyl (C=O) groups is 1. The number of fused-ring (bicyclic) bond motifs is 1. The fraction of sp³-hybridized carbons (Fsp3) is 0.632. The largest absolute Gasteiger partial charge is 0.381 e. The summed E-state index contributed by atoms with van der Waals surface area (Å²) in [6.07, 6.45) is 3.89. The lowest BCUT2D eigenvalue weighted by atomic mass is 9.96. The van der Waals surface area contributed by atoms with Crippen molar-refractivity contribution >= 4 is 23.4 Å². The number of thioether (sulfide) groups is 1. The Bertz CT molecular complexity index is 622. The van der Waals surface area contributed by atoms with Crippen molar-refractivity contribution in [3.05, 3.63) is 29.3 Å². The van der Waals surface area contributed by atoms with Crippen LogP contribution >= 0.6 is 11.8 Å². The summed E-state index contributed by atoms with van der Waals surface area (Å²) in [6, 6.07) is 6.65. The van der Waals surface area contributed by atoms with Gasteiger partial charge in [-0.15, -0.1) is 0 Å². The van der Waals surface area contributed by atoms with Gasteiger partial charge >= 0.3 is 0 Å². The fourth-order valence-electron chi connectivity index (χ4n) is 4.17. The lowest BCUT2D eigenvalue weighted by Gasteiger charge is -2.44. The van der Waals surface area contributed by atoms with E-state index in [1.54, 1.807) is 4.90 Å². The van der Waals surface area contributed by atoms with Gasteiger partial charge in [0.15, 0.2) is 0 Å². The van der Waals surface area contributed by atoms with Crippen molar-refractivity contribution in [3.8, 4) is 0 Å². The molecule has 3 aliphatic rings. The van der Waals surface area contributed by atoms with Crippen LogP contribution in [0.2, 0.25) is 0 Å². The first-order valence-electron chi connectivity index (χ1n) is 8.98. The summed E-state index contributed by atoms with van der Waals surface area (Å²) in [5.41, 5.74) is 3.79. The van der Waals surface area contributed by atoms with E-state index in [2.05, 4.69) is 34.9 Å². The van der Waals surface area contributed by atoms with Crippen LogP contribution in [0, 0.1) is 0 Å². The van der Waals surface area contributed by atoms with Crippen molar-refractivity contribution in [1.29, 1.82) is 0 Å². The average Bonchev–Trinajstić information content (AvgIpc) is 2.59. The highest BCUT2D eigenvalue weighted by Gasteiger charge is 2.37. The highest BCUT2D eigenvalue weighted by atomic mass is 32.2. The smallest absolute Gasteiger partial charge is 0.227 e. The maximum absolute atomic E-state index is 11.8. The zero-order valence-electron chi connectivity index (χ0n) is 14.4. The Morgan fingerprint density at radius 2 is 2.08 bits per heavy atom. The van der Waals surface area contributed by atoms with E-state index < -0.39 is 0 Å². The SMILES string of the molecule is CN1C(=O)CCc2cc(CN3CCSC4(CCOCC4)C3)ccc21. The van der Waals surface area contributed by atoms with Crippen molar-refractivity contribution in [2.75, 3.05) is 44.0 Å². The van der Waals surface area contributed by atoms with Crippen molar-refractivity contribution in [2.45, 2.75) is 37.0 Å². The zero-order chi connectivity index (χ0) is 16.6. The molecule has 0 N–H and O–H groups in total. The molecule has 1 aromatic carbocycles. The number of ether oxygens (including phenoxy) is 1. The van der Waals surface area contributed by atoms with E-state index in [9.17, 15) is 4.79 Å². The predicted molar refractivity (Wildman–Crippen MR) is 98.7 cm³/mol. The van der Waals surface area contributed by atoms with Gasteiger partial charge in [0.05, 0.1) is 0 Å². The number of nitrogens with zero attached hydrogens (tertiary/aromatic N) is 2. The first-order valence-corrected chi connectivity index (χ1v) is 9.96. The van der Waals surface area contributed by atoms with Crippen molar-refractivity contribution in [1.82, 2.24) is 4.90 Å². The molecule has 24 heavy (non-hydrogen) atoms. The van der Waals surface area contributed by atoms with Crippen LogP contribution in [0.5, 0.6) is 0 Å². The molecule has 1 amide bonds. The fourth-order valence-corrected chi connectivity index (χ4v) is 5.68. The van der Waals surface area contributed by atoms with Gasteiger partial charge in [0.1, 0.15) is 0 Å². The summed E-state index contributed by atoms with van der Waals surface area (Å²) < 4.78 is 5.98. The van der Waals surface area contributed by atoms with Gasteiger partial charge in [0, 0.05) is 62.5 Å². The minimum atomic E-state index is 0.227. The molecule has 2 fully saturated rings. The van der Waals surface area contributed by atoms with E-state index in [0.29, 0.717) is 11.2 Å². The van der Waals surface area contributed by atoms with Gasteiger partial charge in [0.25, 0.3) is 0 Å². The highest BCUT2D eigenvalue weighted by Crippen LogP contribution is 2.39. The lowest BCUT2D eigenvalue weighted by Crippen LogP contribution is -2.49. The molecular formula is C19H26N2O2S. The molecule has 1 spiro atoms. The van der Waals surface area contributed by atoms with Crippen molar-refractivity contribution in [3.63, 3.8) is 0 Å². The molecule has 0 saturated carbocycles. The second-order valence-corrected chi connectivity index (χ2v) is 8.83. The molecule has 3 heterocycles. The summed E-state index contributed by atoms with van der Waals surface area (Å²) in [4.78, 5) is 16.3. The predicted octanol–water partition coefficient (Wildman–Crippen LogP) is 2.69. The third kappa shape index (κ3) is 3.22. The highest BCUT2D eigenvalue weighted by molar-refractivity contribution is 8.00. The Morgan fingerprint density at radius 3 is 2.92 bits per heavy atom. The number of carbonyl (C=O) groups excluding carboxylic acids is 1. The molecule has 0 atom stereocenters. The summed E-state index contributed by atoms with van der Waals surface area (Å²) in [6.45, 7) is 5.20. The van der Waals surface area contributed by atoms with Gasteiger partial charge in [0.2, 0.25) is 5.91 Å². The minimum absolute atomic E-state index is 0.227. The first-order chi connectivity index (χ1) is 11.7. The molecule has 2 saturated heterocycles. The summed E-state index contributed by atoms with van der Waals surface area (Å²) >= 11 is 2.16. The Balaban J connectivity index is 1.46. The van der Waals surface area contributed by atoms with Crippen LogP contribution in [0.4, 0.5) is 5.69 Å². The third-order valence-electron chi connectivity index (χ3n) is 5.63. The van der Waals surface area contributed by atoms with E-state index in [4.69, 9.17) is 4.74 Å². The van der Waals surface area contributed by atoms with E-state index in [1.807, 2.05) is 7.05 Å². The zero-order valence-corrected chi connectivity index (χ0v) is 15.2. The van der Waals surface area contributed by atoms with Crippen LogP contribution in [0.3, 0.4) is 0 Å². The lowest BCUT2D eigenvalue weighted by molar-refractivity contribution is -0.118. The van der Waals surface area contributed by atoms with Crippen molar-refractivity contribution < 1.29 is 9.53 Å². The Kier molecular flexibility index (Phi) is 4.58. The molecule has 3 aliphatic heterocycles. The average molecular weight is 346 g/mol. The minimum Gasteiger partial charge on any atom is -0.381 e. The Labute approximate surface area is 148 Å². The number of rotatable bonds is 2. The van der Waals surface area contributed by atoms with E-state index in [-0.39, 0.29) is 5.91 Å². The molecule has 0 radical (unpaired) electrons. The molecule has 0 bridgehead atoms. The van der Waals surface area contributed by atoms with Crippen molar-refractivity contribution in [2.24, 2.45) is 0 Å². The van der Waals surface area contributed by atoms with Gasteiger partial charge in [-0.3, -0.25) is 9.69 Å². The topological polar surface area (TPSA) is 32.8 Å². The van der Waals surface area contributed by atoms with Crippen LogP contribution < -0.4 is 4.90 Å². The quantitative estimate of drug-likeness (QED) is 0.824. The summed E-state index contributed by atoms with van der Waals surface area (Å²) in [5, 5.41) is 0. The second kappa shape index (κ2) is 6.70. The van der Waals surface area contributed by atoms with Crippen LogP contribution in [-0.2, 0) is 22.5 Å². The van der Waals surface area contributed by atoms with E-state index >= 15 is 0 Å². The molecule has 4 rings (SSSR count). The molecule has 0 aromatic heterocycles. The summed E-state index contributed by atoms with van der Waals surface area (Å²) in [5.74, 6) is 1.45. The summed E-state index contributed by atoms with van der Waals surface area (Å²) in [7, 11) is 1.89. The number of benzene rings is 1.